The Labute approximate surface area is 167 Å². The predicted octanol–water partition coefficient (Wildman–Crippen LogP) is 1.67. The van der Waals surface area contributed by atoms with Gasteiger partial charge in [-0.2, -0.15) is 0 Å². The summed E-state index contributed by atoms with van der Waals surface area (Å²) in [5.41, 5.74) is 1.76. The molecule has 8 nitrogen and oxygen atoms in total. The molecule has 0 radical (unpaired) electrons. The van der Waals surface area contributed by atoms with Crippen molar-refractivity contribution < 1.29 is 27.5 Å². The molecule has 158 valence electrons. The highest BCUT2D eigenvalue weighted by Gasteiger charge is 2.43. The predicted molar refractivity (Wildman–Crippen MR) is 105 cm³/mol. The van der Waals surface area contributed by atoms with Crippen LogP contribution >= 0.6 is 0 Å². The number of aromatic nitrogens is 1. The molecule has 1 heterocycles. The minimum atomic E-state index is -3.88. The fraction of sp³-hybridized carbons (Fsp3) is 0.368. The number of hydrogen-bond acceptors (Lipinski definition) is 6. The van der Waals surface area contributed by atoms with Crippen LogP contribution in [0.3, 0.4) is 0 Å². The Morgan fingerprint density at radius 3 is 2.52 bits per heavy atom. The van der Waals surface area contributed by atoms with Gasteiger partial charge < -0.3 is 9.30 Å². The van der Waals surface area contributed by atoms with E-state index in [1.165, 1.54) is 48.5 Å². The first-order chi connectivity index (χ1) is 13.5. The normalized spacial score (nSPS) is 13.6. The third-order valence-electron chi connectivity index (χ3n) is 5.09. The zero-order valence-electron chi connectivity index (χ0n) is 16.5. The van der Waals surface area contributed by atoms with Gasteiger partial charge in [0.05, 0.1) is 7.11 Å². The number of carbonyl (C=O) groups excluding carboxylic acids is 1. The van der Waals surface area contributed by atoms with Crippen molar-refractivity contribution in [3.05, 3.63) is 52.2 Å². The Hall–Kier alpha value is -2.72. The Bertz CT molecular complexity index is 1100. The lowest BCUT2D eigenvalue weighted by molar-refractivity contribution is -0.131. The second-order valence-electron chi connectivity index (χ2n) is 6.90. The highest BCUT2D eigenvalue weighted by molar-refractivity contribution is 7.92. The van der Waals surface area contributed by atoms with Gasteiger partial charge in [-0.05, 0) is 44.0 Å². The number of nitrogens with one attached hydrogen (secondary N) is 1. The Morgan fingerprint density at radius 2 is 2.00 bits per heavy atom. The zero-order valence-corrected chi connectivity index (χ0v) is 17.3. The van der Waals surface area contributed by atoms with Crippen molar-refractivity contribution in [2.45, 2.75) is 31.6 Å². The van der Waals surface area contributed by atoms with E-state index in [1.807, 2.05) is 0 Å². The molecule has 0 saturated heterocycles. The van der Waals surface area contributed by atoms with Gasteiger partial charge in [-0.3, -0.25) is 14.8 Å². The van der Waals surface area contributed by atoms with Crippen molar-refractivity contribution in [1.82, 2.24) is 10.0 Å². The van der Waals surface area contributed by atoms with Crippen LogP contribution in [0, 0.1) is 12.7 Å². The molecule has 0 fully saturated rings. The van der Waals surface area contributed by atoms with Crippen LogP contribution in [0.5, 0.6) is 5.75 Å². The van der Waals surface area contributed by atoms with Crippen molar-refractivity contribution in [3.8, 4) is 16.9 Å². The van der Waals surface area contributed by atoms with Crippen LogP contribution in [0.4, 0.5) is 4.39 Å². The first-order valence-electron chi connectivity index (χ1n) is 8.64. The smallest absolute Gasteiger partial charge is 0.264 e. The number of pyridine rings is 1. The van der Waals surface area contributed by atoms with E-state index in [0.29, 0.717) is 16.9 Å². The Kier molecular flexibility index (Phi) is 6.49. The monoisotopic (exact) mass is 426 g/mol. The number of rotatable bonds is 7. The van der Waals surface area contributed by atoms with Crippen molar-refractivity contribution in [1.29, 1.82) is 0 Å². The van der Waals surface area contributed by atoms with Crippen molar-refractivity contribution in [2.24, 2.45) is 0 Å². The summed E-state index contributed by atoms with van der Waals surface area (Å²) >= 11 is 0. The zero-order chi connectivity index (χ0) is 22.0. The molecule has 1 atom stereocenters. The number of ether oxygens (including phenoxy) is 1. The van der Waals surface area contributed by atoms with Gasteiger partial charge in [0.1, 0.15) is 11.6 Å². The number of halogens is 1. The fourth-order valence-corrected chi connectivity index (χ4v) is 3.74. The summed E-state index contributed by atoms with van der Waals surface area (Å²) in [5.74, 6) is -1.20. The van der Waals surface area contributed by atoms with Crippen LogP contribution in [-0.4, -0.2) is 42.2 Å². The molecule has 0 spiro atoms. The summed E-state index contributed by atoms with van der Waals surface area (Å²) in [6, 6.07) is 5.86. The van der Waals surface area contributed by atoms with E-state index in [-0.39, 0.29) is 18.5 Å². The van der Waals surface area contributed by atoms with E-state index in [0.717, 1.165) is 6.26 Å². The molecule has 0 aliphatic heterocycles. The van der Waals surface area contributed by atoms with Crippen molar-refractivity contribution >= 4 is 15.7 Å². The molecule has 2 aromatic rings. The van der Waals surface area contributed by atoms with Gasteiger partial charge in [0.2, 0.25) is 0 Å². The third-order valence-corrected chi connectivity index (χ3v) is 7.12. The number of nitrogens with zero attached hydrogens (tertiary/aromatic N) is 1. The van der Waals surface area contributed by atoms with Crippen LogP contribution in [0.2, 0.25) is 0 Å². The molecular weight excluding hydrogens is 403 g/mol. The van der Waals surface area contributed by atoms with Crippen molar-refractivity contribution in [2.75, 3.05) is 13.4 Å². The van der Waals surface area contributed by atoms with E-state index < -0.39 is 31.9 Å². The lowest BCUT2D eigenvalue weighted by Crippen LogP contribution is -2.49. The van der Waals surface area contributed by atoms with Gasteiger partial charge in [0.15, 0.2) is 14.6 Å². The molecule has 2 N–H and O–H groups in total. The van der Waals surface area contributed by atoms with Crippen LogP contribution in [0.1, 0.15) is 18.9 Å². The molecule has 29 heavy (non-hydrogen) atoms. The number of carbonyl (C=O) groups is 1. The number of methoxy groups -OCH3 is 1. The standard InChI is InChI=1S/C19H23FN2O6S/c1-12-15(28-3)6-5-14(17(12)20)13-7-9-22(16(23)11-13)10-8-19(2,18(24)21-25)29(4,26)27/h5-7,9,11,25H,8,10H2,1-4H3,(H,21,24). The van der Waals surface area contributed by atoms with E-state index in [9.17, 15) is 22.4 Å². The molecule has 0 saturated carbocycles. The van der Waals surface area contributed by atoms with Crippen molar-refractivity contribution in [3.63, 3.8) is 0 Å². The van der Waals surface area contributed by atoms with E-state index in [4.69, 9.17) is 9.94 Å². The largest absolute Gasteiger partial charge is 0.496 e. The lowest BCUT2D eigenvalue weighted by atomic mass is 10.0. The summed E-state index contributed by atoms with van der Waals surface area (Å²) < 4.78 is 43.0. The van der Waals surface area contributed by atoms with E-state index in [1.54, 1.807) is 13.0 Å². The second kappa shape index (κ2) is 8.34. The van der Waals surface area contributed by atoms with Gasteiger partial charge in [-0.15, -0.1) is 0 Å². The van der Waals surface area contributed by atoms with Crippen LogP contribution in [0.15, 0.2) is 35.3 Å². The number of sulfone groups is 1. The SMILES string of the molecule is COc1ccc(-c2ccn(CCC(C)(C(=O)NO)S(C)(=O)=O)c(=O)c2)c(F)c1C. The number of amides is 1. The third kappa shape index (κ3) is 4.33. The molecule has 1 unspecified atom stereocenters. The first kappa shape index (κ1) is 22.6. The minimum Gasteiger partial charge on any atom is -0.496 e. The second-order valence-corrected chi connectivity index (χ2v) is 9.34. The average molecular weight is 426 g/mol. The molecular formula is C19H23FN2O6S. The quantitative estimate of drug-likeness (QED) is 0.514. The molecule has 0 bridgehead atoms. The van der Waals surface area contributed by atoms with Gasteiger partial charge in [-0.25, -0.2) is 18.3 Å². The van der Waals surface area contributed by atoms with Crippen LogP contribution < -0.4 is 15.8 Å². The number of aryl methyl sites for hydroxylation is 1. The number of hydroxylamine groups is 1. The number of benzene rings is 1. The van der Waals surface area contributed by atoms with Gasteiger partial charge in [-0.1, -0.05) is 0 Å². The highest BCUT2D eigenvalue weighted by Crippen LogP contribution is 2.29. The Morgan fingerprint density at radius 1 is 1.34 bits per heavy atom. The highest BCUT2D eigenvalue weighted by atomic mass is 32.2. The summed E-state index contributed by atoms with van der Waals surface area (Å²) in [7, 11) is -2.44. The summed E-state index contributed by atoms with van der Waals surface area (Å²) in [5, 5.41) is 8.86. The maximum Gasteiger partial charge on any atom is 0.264 e. The summed E-state index contributed by atoms with van der Waals surface area (Å²) in [6.07, 6.45) is 2.03. The molecule has 1 aromatic carbocycles. The topological polar surface area (TPSA) is 115 Å². The molecule has 0 aliphatic carbocycles. The summed E-state index contributed by atoms with van der Waals surface area (Å²) in [4.78, 5) is 24.3. The Balaban J connectivity index is 2.35. The van der Waals surface area contributed by atoms with Crippen LogP contribution in [0.25, 0.3) is 11.1 Å². The number of hydrogen-bond donors (Lipinski definition) is 2. The maximum absolute atomic E-state index is 14.6. The maximum atomic E-state index is 14.6. The fourth-order valence-electron chi connectivity index (χ4n) is 2.89. The van der Waals surface area contributed by atoms with E-state index in [2.05, 4.69) is 0 Å². The minimum absolute atomic E-state index is 0.0970. The summed E-state index contributed by atoms with van der Waals surface area (Å²) in [6.45, 7) is 2.64. The molecule has 10 heteroatoms. The molecule has 1 amide bonds. The van der Waals surface area contributed by atoms with Gasteiger partial charge in [0, 0.05) is 36.2 Å². The van der Waals surface area contributed by atoms with Crippen LogP contribution in [-0.2, 0) is 21.2 Å². The lowest BCUT2D eigenvalue weighted by Gasteiger charge is -2.25. The first-order valence-corrected chi connectivity index (χ1v) is 10.5. The van der Waals surface area contributed by atoms with Gasteiger partial charge in [0.25, 0.3) is 11.5 Å². The molecule has 2 rings (SSSR count). The molecule has 0 aliphatic rings. The average Bonchev–Trinajstić information content (AvgIpc) is 2.67. The van der Waals surface area contributed by atoms with E-state index >= 15 is 0 Å². The molecule has 1 aromatic heterocycles. The van der Waals surface area contributed by atoms with Gasteiger partial charge >= 0.3 is 0 Å².